The van der Waals surface area contributed by atoms with Crippen LogP contribution in [0.4, 0.5) is 11.6 Å². The highest BCUT2D eigenvalue weighted by atomic mass is 16.1. The lowest BCUT2D eigenvalue weighted by atomic mass is 9.68. The van der Waals surface area contributed by atoms with Gasteiger partial charge in [0.1, 0.15) is 23.8 Å². The molecule has 0 aromatic carbocycles. The summed E-state index contributed by atoms with van der Waals surface area (Å²) < 4.78 is 2.50. The van der Waals surface area contributed by atoms with Crippen LogP contribution >= 0.6 is 0 Å². The van der Waals surface area contributed by atoms with Crippen molar-refractivity contribution in [2.45, 2.75) is 82.6 Å². The van der Waals surface area contributed by atoms with Crippen LogP contribution in [0.5, 0.6) is 0 Å². The largest absolute Gasteiger partial charge is 0.356 e. The fourth-order valence-corrected chi connectivity index (χ4v) is 6.24. The van der Waals surface area contributed by atoms with Crippen molar-refractivity contribution in [2.75, 3.05) is 42.9 Å². The van der Waals surface area contributed by atoms with E-state index in [9.17, 15) is 4.79 Å². The Labute approximate surface area is 202 Å². The maximum absolute atomic E-state index is 11.8. The Morgan fingerprint density at radius 1 is 1.03 bits per heavy atom. The first-order chi connectivity index (χ1) is 16.6. The lowest BCUT2D eigenvalue weighted by Crippen LogP contribution is -2.36. The van der Waals surface area contributed by atoms with Gasteiger partial charge in [-0.3, -0.25) is 4.79 Å². The fraction of sp³-hybridized carbons (Fsp3) is 0.692. The van der Waals surface area contributed by atoms with Gasteiger partial charge in [0, 0.05) is 55.7 Å². The van der Waals surface area contributed by atoms with E-state index in [1.807, 2.05) is 0 Å². The average Bonchev–Trinajstić information content (AvgIpc) is 3.51. The van der Waals surface area contributed by atoms with Crippen LogP contribution in [0.25, 0.3) is 0 Å². The van der Waals surface area contributed by atoms with E-state index >= 15 is 0 Å². The highest BCUT2D eigenvalue weighted by Gasteiger charge is 2.37. The maximum Gasteiger partial charge on any atom is 0.225 e. The number of nitrogens with zero attached hydrogens (tertiary/aromatic N) is 6. The first-order valence-electron chi connectivity index (χ1n) is 13.3. The van der Waals surface area contributed by atoms with Crippen LogP contribution in [0.3, 0.4) is 0 Å². The second kappa shape index (κ2) is 8.95. The highest BCUT2D eigenvalue weighted by Crippen LogP contribution is 2.43. The molecule has 2 aromatic heterocycles. The predicted octanol–water partition coefficient (Wildman–Crippen LogP) is 3.48. The molecule has 0 atom stereocenters. The topological polar surface area (TPSA) is 79.2 Å². The Morgan fingerprint density at radius 3 is 2.56 bits per heavy atom. The number of rotatable bonds is 6. The number of aromatic nitrogens is 4. The molecule has 2 aromatic rings. The maximum atomic E-state index is 11.8. The first-order valence-corrected chi connectivity index (χ1v) is 13.3. The van der Waals surface area contributed by atoms with Crippen molar-refractivity contribution in [2.24, 2.45) is 0 Å². The standard InChI is InChI=1S/C26H37N7O/c1-26(9-4-10-26)21-17-33(16-15-31-11-2-3-12-31)24(29-21)19-7-13-32(14-8-19)25-20-5-6-22(34)30-23(20)27-18-28-25/h17-19H,2-16H2,1H3,(H,27,28,30,34). The second-order valence-electron chi connectivity index (χ2n) is 11.0. The number of carbonyl (C=O) groups is 1. The van der Waals surface area contributed by atoms with Gasteiger partial charge in [0.15, 0.2) is 0 Å². The molecule has 4 aliphatic rings. The number of carbonyl (C=O) groups excluding carboxylic acids is 1. The Kier molecular flexibility index (Phi) is 5.79. The van der Waals surface area contributed by atoms with Gasteiger partial charge in [-0.25, -0.2) is 15.0 Å². The van der Waals surface area contributed by atoms with Gasteiger partial charge in [-0.05, 0) is 58.0 Å². The summed E-state index contributed by atoms with van der Waals surface area (Å²) in [5, 5.41) is 2.91. The molecule has 0 radical (unpaired) electrons. The molecule has 0 bridgehead atoms. The van der Waals surface area contributed by atoms with Gasteiger partial charge >= 0.3 is 0 Å². The van der Waals surface area contributed by atoms with Gasteiger partial charge < -0.3 is 19.7 Å². The number of hydrogen-bond donors (Lipinski definition) is 1. The molecule has 34 heavy (non-hydrogen) atoms. The van der Waals surface area contributed by atoms with Crippen molar-refractivity contribution in [3.05, 3.63) is 29.6 Å². The van der Waals surface area contributed by atoms with Crippen LogP contribution in [0, 0.1) is 0 Å². The van der Waals surface area contributed by atoms with Gasteiger partial charge in [-0.2, -0.15) is 0 Å². The molecular formula is C26H37N7O. The molecule has 3 aliphatic heterocycles. The van der Waals surface area contributed by atoms with E-state index in [1.165, 1.54) is 56.7 Å². The molecule has 8 heteroatoms. The number of amides is 1. The van der Waals surface area contributed by atoms with E-state index in [-0.39, 0.29) is 11.3 Å². The van der Waals surface area contributed by atoms with Crippen LogP contribution in [0.2, 0.25) is 0 Å². The van der Waals surface area contributed by atoms with Crippen LogP contribution in [0.1, 0.15) is 81.3 Å². The summed E-state index contributed by atoms with van der Waals surface area (Å²) in [4.78, 5) is 31.0. The molecule has 8 nitrogen and oxygen atoms in total. The molecule has 0 unspecified atom stereocenters. The van der Waals surface area contributed by atoms with Crippen molar-refractivity contribution in [1.29, 1.82) is 0 Å². The lowest BCUT2D eigenvalue weighted by Gasteiger charge is -2.37. The Bertz CT molecular complexity index is 1050. The van der Waals surface area contributed by atoms with Crippen molar-refractivity contribution < 1.29 is 4.79 Å². The van der Waals surface area contributed by atoms with Gasteiger partial charge in [0.25, 0.3) is 0 Å². The number of nitrogens with one attached hydrogen (secondary N) is 1. The van der Waals surface area contributed by atoms with Crippen LogP contribution < -0.4 is 10.2 Å². The monoisotopic (exact) mass is 463 g/mol. The molecule has 3 fully saturated rings. The number of fused-ring (bicyclic) bond motifs is 1. The van der Waals surface area contributed by atoms with Crippen molar-refractivity contribution in [3.63, 3.8) is 0 Å². The third-order valence-corrected chi connectivity index (χ3v) is 8.68. The average molecular weight is 464 g/mol. The Hall–Kier alpha value is -2.48. The molecule has 182 valence electrons. The minimum Gasteiger partial charge on any atom is -0.356 e. The summed E-state index contributed by atoms with van der Waals surface area (Å²) in [6, 6.07) is 0. The zero-order valence-corrected chi connectivity index (χ0v) is 20.4. The van der Waals surface area contributed by atoms with Gasteiger partial charge in [0.2, 0.25) is 5.91 Å². The Balaban J connectivity index is 1.18. The predicted molar refractivity (Wildman–Crippen MR) is 132 cm³/mol. The number of piperidine rings is 1. The summed E-state index contributed by atoms with van der Waals surface area (Å²) in [7, 11) is 0. The van der Waals surface area contributed by atoms with Crippen molar-refractivity contribution in [3.8, 4) is 0 Å². The Morgan fingerprint density at radius 2 is 1.82 bits per heavy atom. The summed E-state index contributed by atoms with van der Waals surface area (Å²) in [6.07, 6.45) is 13.9. The third-order valence-electron chi connectivity index (χ3n) is 8.68. The smallest absolute Gasteiger partial charge is 0.225 e. The van der Waals surface area contributed by atoms with E-state index in [0.29, 0.717) is 18.2 Å². The minimum atomic E-state index is 0.0487. The zero-order chi connectivity index (χ0) is 23.1. The molecule has 1 aliphatic carbocycles. The fourth-order valence-electron chi connectivity index (χ4n) is 6.24. The van der Waals surface area contributed by atoms with Gasteiger partial charge in [0.05, 0.1) is 5.69 Å². The normalized spacial score (nSPS) is 23.0. The van der Waals surface area contributed by atoms with Gasteiger partial charge in [-0.15, -0.1) is 0 Å². The summed E-state index contributed by atoms with van der Waals surface area (Å²) >= 11 is 0. The highest BCUT2D eigenvalue weighted by molar-refractivity contribution is 5.93. The van der Waals surface area contributed by atoms with Crippen LogP contribution in [0.15, 0.2) is 12.5 Å². The van der Waals surface area contributed by atoms with E-state index < -0.39 is 0 Å². The number of anilines is 2. The number of likely N-dealkylation sites (tertiary alicyclic amines) is 1. The molecule has 1 saturated carbocycles. The van der Waals surface area contributed by atoms with Crippen LogP contribution in [-0.4, -0.2) is 63.0 Å². The van der Waals surface area contributed by atoms with E-state index in [0.717, 1.165) is 56.8 Å². The molecule has 1 N–H and O–H groups in total. The van der Waals surface area contributed by atoms with Crippen molar-refractivity contribution in [1.82, 2.24) is 24.4 Å². The first kappa shape index (κ1) is 22.0. The molecule has 2 saturated heterocycles. The van der Waals surface area contributed by atoms with Crippen molar-refractivity contribution >= 4 is 17.5 Å². The molecule has 0 spiro atoms. The minimum absolute atomic E-state index is 0.0487. The summed E-state index contributed by atoms with van der Waals surface area (Å²) in [6.45, 7) is 9.01. The van der Waals surface area contributed by atoms with Crippen LogP contribution in [-0.2, 0) is 23.2 Å². The quantitative estimate of drug-likeness (QED) is 0.707. The van der Waals surface area contributed by atoms with E-state index in [4.69, 9.17) is 4.98 Å². The number of hydrogen-bond acceptors (Lipinski definition) is 6. The van der Waals surface area contributed by atoms with E-state index in [1.54, 1.807) is 6.33 Å². The van der Waals surface area contributed by atoms with Gasteiger partial charge in [-0.1, -0.05) is 13.3 Å². The molecule has 5 heterocycles. The second-order valence-corrected chi connectivity index (χ2v) is 11.0. The van der Waals surface area contributed by atoms with E-state index in [2.05, 4.69) is 42.8 Å². The summed E-state index contributed by atoms with van der Waals surface area (Å²) in [5.41, 5.74) is 2.68. The zero-order valence-electron chi connectivity index (χ0n) is 20.4. The SMILES string of the molecule is CC1(c2cn(CCN3CCCC3)c(C3CCN(c4ncnc5c4CCC(=O)N5)CC3)n2)CCC1. The summed E-state index contributed by atoms with van der Waals surface area (Å²) in [5.74, 6) is 3.54. The number of imidazole rings is 1. The molecular weight excluding hydrogens is 426 g/mol. The lowest BCUT2D eigenvalue weighted by molar-refractivity contribution is -0.116. The molecule has 6 rings (SSSR count). The molecule has 1 amide bonds. The third kappa shape index (κ3) is 4.10.